The molecule has 3 N–H and O–H groups in total. The Balaban J connectivity index is 1.27. The smallest absolute Gasteiger partial charge is 0.239 e. The summed E-state index contributed by atoms with van der Waals surface area (Å²) in [6.07, 6.45) is 3.90. The van der Waals surface area contributed by atoms with Crippen LogP contribution in [0, 0.1) is 5.82 Å². The number of ether oxygens (including phenoxy) is 1. The molecule has 3 heterocycles. The lowest BCUT2D eigenvalue weighted by atomic mass is 10.1. The molecule has 1 fully saturated rings. The molecule has 5 rings (SSSR count). The van der Waals surface area contributed by atoms with E-state index in [1.54, 1.807) is 29.9 Å². The first-order chi connectivity index (χ1) is 17.2. The summed E-state index contributed by atoms with van der Waals surface area (Å²) in [7, 11) is 0. The van der Waals surface area contributed by atoms with Gasteiger partial charge in [-0.05, 0) is 61.7 Å². The first kappa shape index (κ1) is 23.8. The highest BCUT2D eigenvalue weighted by Crippen LogP contribution is 2.36. The molecular weight excluding hydrogens is 507 g/mol. The summed E-state index contributed by atoms with van der Waals surface area (Å²) in [4.78, 5) is 14.9. The van der Waals surface area contributed by atoms with Gasteiger partial charge in [-0.25, -0.2) is 19.3 Å². The van der Waals surface area contributed by atoms with Crippen LogP contribution in [0.25, 0.3) is 10.6 Å². The predicted octanol–water partition coefficient (Wildman–Crippen LogP) is 6.47. The van der Waals surface area contributed by atoms with Gasteiger partial charge in [-0.15, -0.1) is 11.3 Å². The van der Waals surface area contributed by atoms with E-state index in [0.717, 1.165) is 35.7 Å². The van der Waals surface area contributed by atoms with Crippen molar-refractivity contribution in [3.63, 3.8) is 0 Å². The zero-order chi connectivity index (χ0) is 24.0. The number of piperidine rings is 1. The number of anilines is 2. The third kappa shape index (κ3) is 6.02. The van der Waals surface area contributed by atoms with Crippen molar-refractivity contribution in [3.8, 4) is 22.2 Å². The lowest BCUT2D eigenvalue weighted by Crippen LogP contribution is -2.38. The molecule has 1 saturated heterocycles. The minimum absolute atomic E-state index is 0.294. The summed E-state index contributed by atoms with van der Waals surface area (Å²) in [6, 6.07) is 14.1. The van der Waals surface area contributed by atoms with Crippen LogP contribution in [-0.2, 0) is 0 Å². The maximum Gasteiger partial charge on any atom is 0.239 e. The summed E-state index contributed by atoms with van der Waals surface area (Å²) in [5.74, 6) is 0.814. The van der Waals surface area contributed by atoms with Gasteiger partial charge in [-0.2, -0.15) is 0 Å². The standard InChI is InChI=1S/C24H22ClFN6OS2/c25-17-5-1-2-6-21(17)35-32-19-8-7-16(12-18(19)26)33-23-22(34-14-29-23)20-9-11-28-24(31-20)30-15-4-3-10-27-13-15/h1-2,5-9,11-12,14-15,27,32H,3-4,10,13H2,(H,28,30,31). The average Bonchev–Trinajstić information content (AvgIpc) is 3.33. The van der Waals surface area contributed by atoms with Crippen LogP contribution in [0.5, 0.6) is 11.6 Å². The molecule has 2 aromatic carbocycles. The fraction of sp³-hybridized carbons (Fsp3) is 0.208. The molecule has 1 aliphatic rings. The van der Waals surface area contributed by atoms with Crippen LogP contribution in [0.15, 0.2) is 65.1 Å². The molecule has 1 atom stereocenters. The fourth-order valence-corrected chi connectivity index (χ4v) is 5.21. The summed E-state index contributed by atoms with van der Waals surface area (Å²) >= 11 is 8.81. The second-order valence-electron chi connectivity index (χ2n) is 7.82. The summed E-state index contributed by atoms with van der Waals surface area (Å²) < 4.78 is 23.7. The Hall–Kier alpha value is -2.92. The average molecular weight is 529 g/mol. The number of rotatable bonds is 8. The molecule has 1 aliphatic heterocycles. The maximum absolute atomic E-state index is 14.7. The zero-order valence-corrected chi connectivity index (χ0v) is 20.9. The van der Waals surface area contributed by atoms with Gasteiger partial charge in [0.05, 0.1) is 21.9 Å². The van der Waals surface area contributed by atoms with Crippen molar-refractivity contribution < 1.29 is 9.13 Å². The highest BCUT2D eigenvalue weighted by molar-refractivity contribution is 8.00. The van der Waals surface area contributed by atoms with Crippen LogP contribution in [0.4, 0.5) is 16.0 Å². The van der Waals surface area contributed by atoms with E-state index in [1.807, 2.05) is 24.3 Å². The summed E-state index contributed by atoms with van der Waals surface area (Å²) in [5.41, 5.74) is 2.69. The molecule has 0 spiro atoms. The van der Waals surface area contributed by atoms with Crippen LogP contribution < -0.4 is 20.1 Å². The minimum atomic E-state index is -0.451. The Bertz CT molecular complexity index is 1300. The Kier molecular flexibility index (Phi) is 7.63. The van der Waals surface area contributed by atoms with Gasteiger partial charge in [0.25, 0.3) is 0 Å². The lowest BCUT2D eigenvalue weighted by molar-refractivity contribution is 0.463. The van der Waals surface area contributed by atoms with Crippen molar-refractivity contribution in [2.24, 2.45) is 0 Å². The number of hydrogen-bond donors (Lipinski definition) is 3. The monoisotopic (exact) mass is 528 g/mol. The first-order valence-electron chi connectivity index (χ1n) is 11.0. The molecule has 0 radical (unpaired) electrons. The van der Waals surface area contributed by atoms with Crippen molar-refractivity contribution in [3.05, 3.63) is 71.1 Å². The largest absolute Gasteiger partial charge is 0.437 e. The molecule has 0 saturated carbocycles. The van der Waals surface area contributed by atoms with Crippen molar-refractivity contribution >= 4 is 46.5 Å². The van der Waals surface area contributed by atoms with Crippen molar-refractivity contribution in [1.29, 1.82) is 0 Å². The number of aromatic nitrogens is 3. The summed E-state index contributed by atoms with van der Waals surface area (Å²) in [6.45, 7) is 1.92. The van der Waals surface area contributed by atoms with Crippen LogP contribution in [0.3, 0.4) is 0 Å². The fourth-order valence-electron chi connectivity index (χ4n) is 3.58. The molecule has 4 aromatic rings. The molecule has 1 unspecified atom stereocenters. The van der Waals surface area contributed by atoms with Gasteiger partial charge in [-0.3, -0.25) is 0 Å². The van der Waals surface area contributed by atoms with E-state index in [9.17, 15) is 4.39 Å². The summed E-state index contributed by atoms with van der Waals surface area (Å²) in [5, 5.41) is 7.35. The minimum Gasteiger partial charge on any atom is -0.437 e. The highest BCUT2D eigenvalue weighted by atomic mass is 35.5. The Morgan fingerprint density at radius 3 is 2.91 bits per heavy atom. The molecule has 0 bridgehead atoms. The Morgan fingerprint density at radius 1 is 1.17 bits per heavy atom. The van der Waals surface area contributed by atoms with Crippen molar-refractivity contribution in [2.75, 3.05) is 23.1 Å². The normalized spacial score (nSPS) is 15.5. The highest BCUT2D eigenvalue weighted by Gasteiger charge is 2.17. The Labute approximate surface area is 215 Å². The number of thiazole rings is 1. The van der Waals surface area contributed by atoms with Crippen LogP contribution >= 0.6 is 34.9 Å². The van der Waals surface area contributed by atoms with Crippen molar-refractivity contribution in [1.82, 2.24) is 20.3 Å². The molecule has 11 heteroatoms. The van der Waals surface area contributed by atoms with Gasteiger partial charge in [-0.1, -0.05) is 23.7 Å². The van der Waals surface area contributed by atoms with Crippen molar-refractivity contribution in [2.45, 2.75) is 23.8 Å². The quantitative estimate of drug-likeness (QED) is 0.224. The molecule has 7 nitrogen and oxygen atoms in total. The molecule has 180 valence electrons. The van der Waals surface area contributed by atoms with Crippen LogP contribution in [0.1, 0.15) is 12.8 Å². The van der Waals surface area contributed by atoms with E-state index >= 15 is 0 Å². The zero-order valence-electron chi connectivity index (χ0n) is 18.5. The molecule has 0 aliphatic carbocycles. The van der Waals surface area contributed by atoms with E-state index in [1.165, 1.54) is 29.4 Å². The molecule has 2 aromatic heterocycles. The second kappa shape index (κ2) is 11.2. The van der Waals surface area contributed by atoms with Crippen LogP contribution in [-0.4, -0.2) is 34.1 Å². The Morgan fingerprint density at radius 2 is 2.09 bits per heavy atom. The van der Waals surface area contributed by atoms with E-state index in [0.29, 0.717) is 40.0 Å². The number of nitrogens with zero attached hydrogens (tertiary/aromatic N) is 3. The number of nitrogens with one attached hydrogen (secondary N) is 3. The molecule has 0 amide bonds. The van der Waals surface area contributed by atoms with E-state index < -0.39 is 5.82 Å². The van der Waals surface area contributed by atoms with Gasteiger partial charge in [0.1, 0.15) is 10.6 Å². The third-order valence-corrected chi connectivity index (χ3v) is 7.49. The van der Waals surface area contributed by atoms with Gasteiger partial charge < -0.3 is 20.1 Å². The molecule has 35 heavy (non-hydrogen) atoms. The number of hydrogen-bond acceptors (Lipinski definition) is 9. The third-order valence-electron chi connectivity index (χ3n) is 5.32. The predicted molar refractivity (Wildman–Crippen MR) is 140 cm³/mol. The number of halogens is 2. The van der Waals surface area contributed by atoms with E-state index in [4.69, 9.17) is 16.3 Å². The second-order valence-corrected chi connectivity index (χ2v) is 9.93. The number of benzene rings is 2. The van der Waals surface area contributed by atoms with Gasteiger partial charge >= 0.3 is 0 Å². The topological polar surface area (TPSA) is 84.0 Å². The van der Waals surface area contributed by atoms with E-state index in [2.05, 4.69) is 30.3 Å². The SMILES string of the molecule is Fc1cc(Oc2ncsc2-c2ccnc(NC3CCCNC3)n2)ccc1NSc1ccccc1Cl. The van der Waals surface area contributed by atoms with Gasteiger partial charge in [0, 0.05) is 29.7 Å². The van der Waals surface area contributed by atoms with E-state index in [-0.39, 0.29) is 0 Å². The lowest BCUT2D eigenvalue weighted by Gasteiger charge is -2.23. The first-order valence-corrected chi connectivity index (χ1v) is 13.1. The van der Waals surface area contributed by atoms with Gasteiger partial charge in [0.2, 0.25) is 11.8 Å². The maximum atomic E-state index is 14.7. The molecular formula is C24H22ClFN6OS2. The van der Waals surface area contributed by atoms with Gasteiger partial charge in [0.15, 0.2) is 5.82 Å². The van der Waals surface area contributed by atoms with Crippen LogP contribution in [0.2, 0.25) is 5.02 Å².